The van der Waals surface area contributed by atoms with E-state index in [1.165, 1.54) is 18.4 Å². The smallest absolute Gasteiger partial charge is 0.257 e. The highest BCUT2D eigenvalue weighted by Crippen LogP contribution is 2.29. The van der Waals surface area contributed by atoms with Crippen molar-refractivity contribution < 1.29 is 22.4 Å². The van der Waals surface area contributed by atoms with Crippen LogP contribution in [0.2, 0.25) is 0 Å². The molecule has 1 aliphatic heterocycles. The van der Waals surface area contributed by atoms with Gasteiger partial charge in [0.15, 0.2) is 11.6 Å². The van der Waals surface area contributed by atoms with Crippen LogP contribution in [0, 0.1) is 30.3 Å². The van der Waals surface area contributed by atoms with E-state index in [1.54, 1.807) is 43.1 Å². The summed E-state index contributed by atoms with van der Waals surface area (Å²) in [6.45, 7) is 3.79. The Hall–Kier alpha value is -3.06. The number of aryl methyl sites for hydroxylation is 1. The molecule has 1 aliphatic rings. The van der Waals surface area contributed by atoms with Crippen LogP contribution < -0.4 is 0 Å². The van der Waals surface area contributed by atoms with Gasteiger partial charge in [-0.15, -0.1) is 0 Å². The summed E-state index contributed by atoms with van der Waals surface area (Å²) in [6.07, 6.45) is 3.54. The van der Waals surface area contributed by atoms with E-state index in [0.717, 1.165) is 37.6 Å². The second-order valence-corrected chi connectivity index (χ2v) is 9.03. The van der Waals surface area contributed by atoms with Gasteiger partial charge in [0.2, 0.25) is 0 Å². The van der Waals surface area contributed by atoms with Crippen molar-refractivity contribution in [3.63, 3.8) is 0 Å². The number of likely N-dealkylation sites (tertiary alicyclic amines) is 1. The monoisotopic (exact) mass is 470 g/mol. The molecular weight excluding hydrogens is 441 g/mol. The summed E-state index contributed by atoms with van der Waals surface area (Å²) >= 11 is 0. The highest BCUT2D eigenvalue weighted by molar-refractivity contribution is 5.95. The van der Waals surface area contributed by atoms with Crippen LogP contribution in [0.3, 0.4) is 0 Å². The Morgan fingerprint density at radius 2 is 1.79 bits per heavy atom. The zero-order valence-corrected chi connectivity index (χ0v) is 19.4. The summed E-state index contributed by atoms with van der Waals surface area (Å²) in [5.74, 6) is -1.38. The van der Waals surface area contributed by atoms with Crippen LogP contribution in [0.1, 0.15) is 40.1 Å². The predicted octanol–water partition coefficient (Wildman–Crippen LogP) is 5.60. The Bertz CT molecular complexity index is 1140. The minimum Gasteiger partial charge on any atom is -0.469 e. The van der Waals surface area contributed by atoms with Gasteiger partial charge in [-0.25, -0.2) is 13.2 Å². The summed E-state index contributed by atoms with van der Waals surface area (Å²) < 4.78 is 46.6. The molecule has 0 saturated carbocycles. The molecule has 1 atom stereocenters. The summed E-state index contributed by atoms with van der Waals surface area (Å²) in [6, 6.07) is 12.1. The van der Waals surface area contributed by atoms with E-state index in [0.29, 0.717) is 29.9 Å². The molecule has 1 amide bonds. The van der Waals surface area contributed by atoms with E-state index in [2.05, 4.69) is 4.90 Å². The molecule has 2 aromatic carbocycles. The van der Waals surface area contributed by atoms with Gasteiger partial charge < -0.3 is 9.32 Å². The standard InChI is InChI=1S/C27H29F3N2O2/c1-18-22(11-14-34-18)27(33)31(2)26(16-21-5-3-4-6-23(21)28)20-9-12-32(13-10-20)17-19-7-8-24(29)25(30)15-19/h3-8,11,14-15,20,26H,9-10,12-13,16-17H2,1-2H3/t26-/m1/s1. The van der Waals surface area contributed by atoms with E-state index in [4.69, 9.17) is 4.42 Å². The molecule has 0 unspecified atom stereocenters. The second kappa shape index (κ2) is 10.5. The third-order valence-corrected chi connectivity index (χ3v) is 6.86. The van der Waals surface area contributed by atoms with Crippen molar-refractivity contribution in [1.29, 1.82) is 0 Å². The van der Waals surface area contributed by atoms with Crippen molar-refractivity contribution in [2.45, 2.75) is 38.8 Å². The molecule has 34 heavy (non-hydrogen) atoms. The minimum absolute atomic E-state index is 0.142. The van der Waals surface area contributed by atoms with Crippen molar-refractivity contribution in [2.24, 2.45) is 5.92 Å². The molecule has 0 spiro atoms. The Kier molecular flexibility index (Phi) is 7.41. The number of amides is 1. The molecule has 4 nitrogen and oxygen atoms in total. The van der Waals surface area contributed by atoms with Crippen LogP contribution in [0.5, 0.6) is 0 Å². The highest BCUT2D eigenvalue weighted by Gasteiger charge is 2.33. The Morgan fingerprint density at radius 3 is 2.44 bits per heavy atom. The first-order valence-electron chi connectivity index (χ1n) is 11.5. The second-order valence-electron chi connectivity index (χ2n) is 9.03. The van der Waals surface area contributed by atoms with E-state index >= 15 is 0 Å². The fourth-order valence-electron chi connectivity index (χ4n) is 4.85. The van der Waals surface area contributed by atoms with E-state index in [9.17, 15) is 18.0 Å². The quantitative estimate of drug-likeness (QED) is 0.451. The Balaban J connectivity index is 1.48. The average molecular weight is 471 g/mol. The van der Waals surface area contributed by atoms with Gasteiger partial charge in [-0.05, 0) is 80.6 Å². The lowest BCUT2D eigenvalue weighted by molar-refractivity contribution is 0.0581. The van der Waals surface area contributed by atoms with Gasteiger partial charge in [-0.2, -0.15) is 0 Å². The van der Waals surface area contributed by atoms with Crippen LogP contribution in [0.25, 0.3) is 0 Å². The molecule has 0 N–H and O–H groups in total. The lowest BCUT2D eigenvalue weighted by Crippen LogP contribution is -2.47. The summed E-state index contributed by atoms with van der Waals surface area (Å²) in [5, 5.41) is 0. The predicted molar refractivity (Wildman–Crippen MR) is 124 cm³/mol. The van der Waals surface area contributed by atoms with Crippen molar-refractivity contribution in [1.82, 2.24) is 9.80 Å². The number of nitrogens with zero attached hydrogens (tertiary/aromatic N) is 2. The van der Waals surface area contributed by atoms with Crippen molar-refractivity contribution in [3.05, 3.63) is 94.7 Å². The third kappa shape index (κ3) is 5.36. The molecule has 1 aromatic heterocycles. The van der Waals surface area contributed by atoms with Crippen LogP contribution in [0.15, 0.2) is 59.2 Å². The van der Waals surface area contributed by atoms with Gasteiger partial charge in [-0.1, -0.05) is 24.3 Å². The number of halogens is 3. The zero-order chi connectivity index (χ0) is 24.2. The summed E-state index contributed by atoms with van der Waals surface area (Å²) in [7, 11) is 1.77. The molecule has 1 fully saturated rings. The van der Waals surface area contributed by atoms with Gasteiger partial charge in [0, 0.05) is 19.6 Å². The van der Waals surface area contributed by atoms with Crippen molar-refractivity contribution in [3.8, 4) is 0 Å². The Morgan fingerprint density at radius 1 is 1.06 bits per heavy atom. The molecule has 2 heterocycles. The number of furan rings is 1. The number of carbonyl (C=O) groups is 1. The first-order valence-corrected chi connectivity index (χ1v) is 11.5. The SMILES string of the molecule is Cc1occc1C(=O)N(C)[C@H](Cc1ccccc1F)C1CCN(Cc2ccc(F)c(F)c2)CC1. The molecule has 0 radical (unpaired) electrons. The molecule has 3 aromatic rings. The third-order valence-electron chi connectivity index (χ3n) is 6.86. The molecule has 1 saturated heterocycles. The van der Waals surface area contributed by atoms with Crippen LogP contribution in [0.4, 0.5) is 13.2 Å². The maximum absolute atomic E-state index is 14.5. The minimum atomic E-state index is -0.848. The Labute approximate surface area is 198 Å². The topological polar surface area (TPSA) is 36.7 Å². The number of hydrogen-bond acceptors (Lipinski definition) is 3. The molecule has 7 heteroatoms. The van der Waals surface area contributed by atoms with Crippen LogP contribution in [-0.4, -0.2) is 41.9 Å². The molecule has 0 bridgehead atoms. The van der Waals surface area contributed by atoms with Crippen LogP contribution >= 0.6 is 0 Å². The fraction of sp³-hybridized carbons (Fsp3) is 0.370. The first kappa shape index (κ1) is 24.1. The molecule has 4 rings (SSSR count). The van der Waals surface area contributed by atoms with Crippen LogP contribution in [-0.2, 0) is 13.0 Å². The maximum atomic E-state index is 14.5. The van der Waals surface area contributed by atoms with Crippen molar-refractivity contribution in [2.75, 3.05) is 20.1 Å². The fourth-order valence-corrected chi connectivity index (χ4v) is 4.85. The first-order chi connectivity index (χ1) is 16.3. The zero-order valence-electron chi connectivity index (χ0n) is 19.4. The highest BCUT2D eigenvalue weighted by atomic mass is 19.2. The maximum Gasteiger partial charge on any atom is 0.257 e. The molecule has 0 aliphatic carbocycles. The number of likely N-dealkylation sites (N-methyl/N-ethyl adjacent to an activating group) is 1. The van der Waals surface area contributed by atoms with Gasteiger partial charge in [-0.3, -0.25) is 9.69 Å². The van der Waals surface area contributed by atoms with E-state index in [-0.39, 0.29) is 23.7 Å². The van der Waals surface area contributed by atoms with Gasteiger partial charge in [0.05, 0.1) is 11.8 Å². The molecule has 180 valence electrons. The largest absolute Gasteiger partial charge is 0.469 e. The number of benzene rings is 2. The number of piperidine rings is 1. The average Bonchev–Trinajstić information content (AvgIpc) is 3.26. The van der Waals surface area contributed by atoms with E-state index in [1.807, 2.05) is 6.07 Å². The number of carbonyl (C=O) groups excluding carboxylic acids is 1. The summed E-state index contributed by atoms with van der Waals surface area (Å²) in [5.41, 5.74) is 1.82. The van der Waals surface area contributed by atoms with E-state index < -0.39 is 11.6 Å². The lowest BCUT2D eigenvalue weighted by Gasteiger charge is -2.40. The lowest BCUT2D eigenvalue weighted by atomic mass is 9.84. The van der Waals surface area contributed by atoms with Gasteiger partial charge in [0.25, 0.3) is 5.91 Å². The number of hydrogen-bond donors (Lipinski definition) is 0. The normalized spacial score (nSPS) is 15.9. The summed E-state index contributed by atoms with van der Waals surface area (Å²) in [4.78, 5) is 17.2. The number of rotatable bonds is 7. The van der Waals surface area contributed by atoms with Crippen molar-refractivity contribution >= 4 is 5.91 Å². The van der Waals surface area contributed by atoms with Gasteiger partial charge >= 0.3 is 0 Å². The van der Waals surface area contributed by atoms with Gasteiger partial charge in [0.1, 0.15) is 11.6 Å². The molecular formula is C27H29F3N2O2.